The molecule has 4 aromatic carbocycles. The summed E-state index contributed by atoms with van der Waals surface area (Å²) < 4.78 is 41.9. The predicted molar refractivity (Wildman–Crippen MR) is 149 cm³/mol. The van der Waals surface area contributed by atoms with E-state index in [0.29, 0.717) is 5.39 Å². The Hall–Kier alpha value is -3.52. The van der Waals surface area contributed by atoms with Crippen LogP contribution < -0.4 is 4.74 Å². The SMILES string of the molecule is O=C(Oc1ccc(S(=O)(=O)[O-])c2ccccc12)C1C2c3ccccc3C(c3ccccc32)C1C1CCCCC1O. The van der Waals surface area contributed by atoms with Crippen LogP contribution in [-0.2, 0) is 14.9 Å². The van der Waals surface area contributed by atoms with Crippen molar-refractivity contribution in [2.24, 2.45) is 17.8 Å². The van der Waals surface area contributed by atoms with E-state index in [0.717, 1.165) is 36.8 Å². The van der Waals surface area contributed by atoms with Crippen LogP contribution in [0.3, 0.4) is 0 Å². The van der Waals surface area contributed by atoms with E-state index in [2.05, 4.69) is 24.3 Å². The second kappa shape index (κ2) is 9.54. The van der Waals surface area contributed by atoms with E-state index in [4.69, 9.17) is 4.74 Å². The molecule has 4 atom stereocenters. The van der Waals surface area contributed by atoms with Gasteiger partial charge in [0.2, 0.25) is 0 Å². The van der Waals surface area contributed by atoms with Gasteiger partial charge in [0.15, 0.2) is 0 Å². The van der Waals surface area contributed by atoms with Crippen molar-refractivity contribution in [2.75, 3.05) is 0 Å². The Kier molecular flexibility index (Phi) is 6.07. The molecule has 1 saturated carbocycles. The van der Waals surface area contributed by atoms with Crippen LogP contribution in [-0.4, -0.2) is 30.2 Å². The van der Waals surface area contributed by atoms with Crippen molar-refractivity contribution in [3.05, 3.63) is 107 Å². The summed E-state index contributed by atoms with van der Waals surface area (Å²) in [5, 5.41) is 11.9. The van der Waals surface area contributed by atoms with Gasteiger partial charge in [0.1, 0.15) is 15.9 Å². The molecule has 8 rings (SSSR count). The lowest BCUT2D eigenvalue weighted by atomic mass is 9.50. The van der Waals surface area contributed by atoms with Gasteiger partial charge < -0.3 is 14.4 Å². The van der Waals surface area contributed by atoms with Gasteiger partial charge in [0.25, 0.3) is 0 Å². The highest BCUT2D eigenvalue weighted by molar-refractivity contribution is 7.86. The van der Waals surface area contributed by atoms with Gasteiger partial charge in [-0.15, -0.1) is 0 Å². The Morgan fingerprint density at radius 3 is 1.90 bits per heavy atom. The first kappa shape index (κ1) is 25.4. The molecule has 2 bridgehead atoms. The summed E-state index contributed by atoms with van der Waals surface area (Å²) in [6.07, 6.45) is 3.06. The molecule has 0 aliphatic heterocycles. The monoisotopic (exact) mass is 553 g/mol. The topological polar surface area (TPSA) is 104 Å². The molecule has 0 heterocycles. The van der Waals surface area contributed by atoms with Gasteiger partial charge in [-0.2, -0.15) is 0 Å². The average Bonchev–Trinajstić information content (AvgIpc) is 2.96. The van der Waals surface area contributed by atoms with Crippen LogP contribution in [0.4, 0.5) is 0 Å². The molecule has 1 N–H and O–H groups in total. The van der Waals surface area contributed by atoms with E-state index in [-0.39, 0.29) is 39.7 Å². The molecule has 7 heteroatoms. The molecule has 4 unspecified atom stereocenters. The Morgan fingerprint density at radius 2 is 1.30 bits per heavy atom. The second-order valence-corrected chi connectivity index (χ2v) is 12.7. The van der Waals surface area contributed by atoms with Crippen LogP contribution >= 0.6 is 0 Å². The van der Waals surface area contributed by atoms with Crippen molar-refractivity contribution in [1.82, 2.24) is 0 Å². The van der Waals surface area contributed by atoms with E-state index < -0.39 is 28.1 Å². The predicted octanol–water partition coefficient (Wildman–Crippen LogP) is 5.72. The number of aliphatic hydroxyl groups excluding tert-OH is 1. The van der Waals surface area contributed by atoms with E-state index in [1.807, 2.05) is 24.3 Å². The lowest BCUT2D eigenvalue weighted by molar-refractivity contribution is -0.145. The molecule has 0 amide bonds. The number of ether oxygens (including phenoxy) is 1. The Morgan fingerprint density at radius 1 is 0.750 bits per heavy atom. The van der Waals surface area contributed by atoms with Gasteiger partial charge in [0, 0.05) is 22.6 Å². The molecular formula is C33H29O6S-. The zero-order valence-electron chi connectivity index (χ0n) is 21.8. The molecule has 6 nitrogen and oxygen atoms in total. The van der Waals surface area contributed by atoms with E-state index in [1.165, 1.54) is 23.3 Å². The summed E-state index contributed by atoms with van der Waals surface area (Å²) in [5.74, 6) is -1.18. The first-order valence-corrected chi connectivity index (χ1v) is 15.3. The third-order valence-electron chi connectivity index (χ3n) is 9.36. The van der Waals surface area contributed by atoms with Crippen LogP contribution in [0.15, 0.2) is 89.8 Å². The molecule has 0 spiro atoms. The highest BCUT2D eigenvalue weighted by atomic mass is 32.2. The normalized spacial score (nSPS) is 27.1. The highest BCUT2D eigenvalue weighted by Crippen LogP contribution is 2.61. The van der Waals surface area contributed by atoms with Crippen LogP contribution in [0.1, 0.15) is 59.8 Å². The molecule has 0 radical (unpaired) electrons. The average molecular weight is 554 g/mol. The number of rotatable bonds is 4. The number of fused-ring (bicyclic) bond motifs is 2. The number of carbonyl (C=O) groups excluding carboxylic acids is 1. The van der Waals surface area contributed by atoms with Gasteiger partial charge in [-0.05, 0) is 59.1 Å². The van der Waals surface area contributed by atoms with Crippen molar-refractivity contribution < 1.29 is 27.6 Å². The van der Waals surface area contributed by atoms with Crippen LogP contribution in [0.2, 0.25) is 0 Å². The largest absolute Gasteiger partial charge is 0.744 e. The van der Waals surface area contributed by atoms with Crippen LogP contribution in [0.5, 0.6) is 5.75 Å². The molecule has 204 valence electrons. The van der Waals surface area contributed by atoms with E-state index >= 15 is 0 Å². The minimum Gasteiger partial charge on any atom is -0.744 e. The quantitative estimate of drug-likeness (QED) is 0.197. The van der Waals surface area contributed by atoms with Gasteiger partial charge in [-0.1, -0.05) is 85.6 Å². The number of carbonyl (C=O) groups is 1. The lowest BCUT2D eigenvalue weighted by Gasteiger charge is -2.53. The summed E-state index contributed by atoms with van der Waals surface area (Å²) in [6, 6.07) is 25.8. The van der Waals surface area contributed by atoms with Gasteiger partial charge >= 0.3 is 5.97 Å². The van der Waals surface area contributed by atoms with Gasteiger partial charge in [0.05, 0.1) is 16.9 Å². The Bertz CT molecular complexity index is 1700. The molecule has 4 aliphatic carbocycles. The van der Waals surface area contributed by atoms with Crippen molar-refractivity contribution in [3.8, 4) is 5.75 Å². The first-order valence-electron chi connectivity index (χ1n) is 13.9. The Balaban J connectivity index is 1.37. The summed E-state index contributed by atoms with van der Waals surface area (Å²) in [6.45, 7) is 0. The maximum atomic E-state index is 14.4. The smallest absolute Gasteiger partial charge is 0.315 e. The van der Waals surface area contributed by atoms with Crippen molar-refractivity contribution in [2.45, 2.75) is 48.5 Å². The molecule has 40 heavy (non-hydrogen) atoms. The van der Waals surface area contributed by atoms with Crippen LogP contribution in [0.25, 0.3) is 10.8 Å². The zero-order valence-corrected chi connectivity index (χ0v) is 22.6. The maximum absolute atomic E-state index is 14.4. The summed E-state index contributed by atoms with van der Waals surface area (Å²) in [7, 11) is -4.72. The molecule has 0 saturated heterocycles. The first-order chi connectivity index (χ1) is 19.3. The minimum atomic E-state index is -4.72. The number of hydrogen-bond acceptors (Lipinski definition) is 6. The van der Waals surface area contributed by atoms with Crippen molar-refractivity contribution in [1.29, 1.82) is 0 Å². The van der Waals surface area contributed by atoms with Crippen molar-refractivity contribution in [3.63, 3.8) is 0 Å². The molecular weight excluding hydrogens is 524 g/mol. The third kappa shape index (κ3) is 3.91. The summed E-state index contributed by atoms with van der Waals surface area (Å²) >= 11 is 0. The molecule has 1 fully saturated rings. The Labute approximate surface area is 233 Å². The second-order valence-electron chi connectivity index (χ2n) is 11.3. The fourth-order valence-corrected chi connectivity index (χ4v) is 8.53. The summed E-state index contributed by atoms with van der Waals surface area (Å²) in [5.41, 5.74) is 4.67. The van der Waals surface area contributed by atoms with Gasteiger partial charge in [-0.25, -0.2) is 8.42 Å². The summed E-state index contributed by atoms with van der Waals surface area (Å²) in [4.78, 5) is 14.0. The zero-order chi connectivity index (χ0) is 27.6. The fourth-order valence-electron chi connectivity index (χ4n) is 7.84. The van der Waals surface area contributed by atoms with E-state index in [9.17, 15) is 22.9 Å². The van der Waals surface area contributed by atoms with Crippen LogP contribution in [0, 0.1) is 17.8 Å². The fraction of sp³-hybridized carbons (Fsp3) is 0.303. The molecule has 4 aromatic rings. The third-order valence-corrected chi connectivity index (χ3v) is 10.3. The molecule has 4 aliphatic rings. The van der Waals surface area contributed by atoms with Gasteiger partial charge in [-0.3, -0.25) is 4.79 Å². The standard InChI is InChI=1S/C33H30O6S/c34-26-16-8-7-15-25(26)31-29-21-11-3-5-13-23(21)30(24-14-6-4-12-22(24)29)32(31)33(35)39-27-17-18-28(40(36,37)38)20-10-2-1-9-19(20)27/h1-6,9-14,17-18,25-26,29-32,34H,7-8,15-16H2,(H,36,37,38)/p-1. The maximum Gasteiger partial charge on any atom is 0.315 e. The number of hydrogen-bond donors (Lipinski definition) is 1. The van der Waals surface area contributed by atoms with Crippen molar-refractivity contribution >= 4 is 26.9 Å². The minimum absolute atomic E-state index is 0.0440. The van der Waals surface area contributed by atoms with E-state index in [1.54, 1.807) is 24.3 Å². The molecule has 0 aromatic heterocycles. The number of esters is 1. The highest BCUT2D eigenvalue weighted by Gasteiger charge is 2.56. The number of aliphatic hydroxyl groups is 1. The lowest BCUT2D eigenvalue weighted by Crippen LogP contribution is -2.50. The number of benzene rings is 4.